The lowest BCUT2D eigenvalue weighted by Gasteiger charge is -2.22. The Bertz CT molecular complexity index is 756. The Kier molecular flexibility index (Phi) is 5.71. The Hall–Kier alpha value is -2.62. The quantitative estimate of drug-likeness (QED) is 0.780. The van der Waals surface area contributed by atoms with E-state index in [0.29, 0.717) is 12.3 Å². The third-order valence-corrected chi connectivity index (χ3v) is 5.35. The van der Waals surface area contributed by atoms with E-state index >= 15 is 0 Å². The third-order valence-electron chi connectivity index (χ3n) is 5.35. The van der Waals surface area contributed by atoms with E-state index in [9.17, 15) is 14.7 Å². The lowest BCUT2D eigenvalue weighted by Crippen LogP contribution is -2.15. The van der Waals surface area contributed by atoms with Gasteiger partial charge in [0.1, 0.15) is 0 Å². The summed E-state index contributed by atoms with van der Waals surface area (Å²) in [7, 11) is 0. The maximum atomic E-state index is 11.8. The second-order valence-corrected chi connectivity index (χ2v) is 7.10. The predicted octanol–water partition coefficient (Wildman–Crippen LogP) is 4.84. The monoisotopic (exact) mass is 352 g/mol. The summed E-state index contributed by atoms with van der Waals surface area (Å²) in [4.78, 5) is 22.7. The van der Waals surface area contributed by atoms with Crippen LogP contribution in [0.3, 0.4) is 0 Å². The molecule has 0 aromatic heterocycles. The molecule has 0 amide bonds. The van der Waals surface area contributed by atoms with Gasteiger partial charge in [-0.2, -0.15) is 0 Å². The van der Waals surface area contributed by atoms with Crippen molar-refractivity contribution in [2.75, 3.05) is 0 Å². The van der Waals surface area contributed by atoms with Crippen LogP contribution in [0.2, 0.25) is 0 Å². The van der Waals surface area contributed by atoms with Crippen molar-refractivity contribution in [3.05, 3.63) is 70.8 Å². The summed E-state index contributed by atoms with van der Waals surface area (Å²) in [6, 6.07) is 14.4. The van der Waals surface area contributed by atoms with E-state index in [0.717, 1.165) is 11.1 Å². The predicted molar refractivity (Wildman–Crippen MR) is 99.8 cm³/mol. The number of carbonyl (C=O) groups is 2. The van der Waals surface area contributed by atoms with Gasteiger partial charge in [-0.1, -0.05) is 55.7 Å². The van der Waals surface area contributed by atoms with Crippen LogP contribution in [-0.4, -0.2) is 22.2 Å². The first-order valence-electron chi connectivity index (χ1n) is 9.19. The van der Waals surface area contributed by atoms with Gasteiger partial charge in [0.2, 0.25) is 0 Å². The zero-order valence-corrected chi connectivity index (χ0v) is 14.7. The maximum absolute atomic E-state index is 11.8. The summed E-state index contributed by atoms with van der Waals surface area (Å²) in [6.45, 7) is 0. The topological polar surface area (TPSA) is 74.6 Å². The Morgan fingerprint density at radius 1 is 0.885 bits per heavy atom. The van der Waals surface area contributed by atoms with Crippen LogP contribution < -0.4 is 0 Å². The zero-order chi connectivity index (χ0) is 18.5. The average Bonchev–Trinajstić information content (AvgIpc) is 2.67. The van der Waals surface area contributed by atoms with E-state index in [4.69, 9.17) is 5.11 Å². The molecule has 0 radical (unpaired) electrons. The molecule has 0 spiro atoms. The minimum atomic E-state index is -0.982. The number of benzene rings is 2. The molecular weight excluding hydrogens is 328 g/mol. The Morgan fingerprint density at radius 3 is 2.04 bits per heavy atom. The van der Waals surface area contributed by atoms with Crippen LogP contribution in [0.25, 0.3) is 0 Å². The van der Waals surface area contributed by atoms with E-state index in [1.807, 2.05) is 12.1 Å². The van der Waals surface area contributed by atoms with Crippen LogP contribution in [0, 0.1) is 0 Å². The lowest BCUT2D eigenvalue weighted by molar-refractivity contribution is -0.138. The molecule has 0 saturated heterocycles. The molecule has 2 aromatic carbocycles. The van der Waals surface area contributed by atoms with Gasteiger partial charge >= 0.3 is 11.9 Å². The number of carboxylic acids is 2. The normalized spacial score (nSPS) is 16.2. The largest absolute Gasteiger partial charge is 0.481 e. The number of hydrogen-bond acceptors (Lipinski definition) is 2. The second kappa shape index (κ2) is 8.17. The van der Waals surface area contributed by atoms with Gasteiger partial charge in [-0.25, -0.2) is 4.79 Å². The molecule has 3 rings (SSSR count). The molecule has 0 bridgehead atoms. The molecule has 2 N–H and O–H groups in total. The summed E-state index contributed by atoms with van der Waals surface area (Å²) in [5, 5.41) is 18.6. The number of carboxylic acid groups (broad SMARTS) is 2. The van der Waals surface area contributed by atoms with Gasteiger partial charge in [0, 0.05) is 0 Å². The number of rotatable bonds is 6. The van der Waals surface area contributed by atoms with Crippen molar-refractivity contribution in [3.8, 4) is 0 Å². The van der Waals surface area contributed by atoms with Gasteiger partial charge in [-0.3, -0.25) is 4.79 Å². The highest BCUT2D eigenvalue weighted by Crippen LogP contribution is 2.33. The first kappa shape index (κ1) is 18.2. The minimum Gasteiger partial charge on any atom is -0.481 e. The van der Waals surface area contributed by atoms with Crippen molar-refractivity contribution in [2.45, 2.75) is 50.4 Å². The summed E-state index contributed by atoms with van der Waals surface area (Å²) >= 11 is 0. The molecule has 1 saturated carbocycles. The summed E-state index contributed by atoms with van der Waals surface area (Å²) < 4.78 is 0. The minimum absolute atomic E-state index is 0.206. The van der Waals surface area contributed by atoms with Gasteiger partial charge in [-0.05, 0) is 54.0 Å². The molecule has 0 heterocycles. The highest BCUT2D eigenvalue weighted by Gasteiger charge is 2.22. The molecule has 1 atom stereocenters. The molecule has 1 aliphatic carbocycles. The molecule has 4 heteroatoms. The van der Waals surface area contributed by atoms with Crippen molar-refractivity contribution in [1.29, 1.82) is 0 Å². The van der Waals surface area contributed by atoms with Crippen molar-refractivity contribution >= 4 is 11.9 Å². The van der Waals surface area contributed by atoms with Crippen molar-refractivity contribution in [2.24, 2.45) is 0 Å². The average molecular weight is 352 g/mol. The molecule has 136 valence electrons. The van der Waals surface area contributed by atoms with E-state index in [1.165, 1.54) is 49.8 Å². The Balaban J connectivity index is 1.74. The number of hydrogen-bond donors (Lipinski definition) is 2. The van der Waals surface area contributed by atoms with Gasteiger partial charge in [0.05, 0.1) is 11.5 Å². The van der Waals surface area contributed by atoms with Crippen LogP contribution in [0.1, 0.15) is 71.0 Å². The highest BCUT2D eigenvalue weighted by molar-refractivity contribution is 5.87. The summed E-state index contributed by atoms with van der Waals surface area (Å²) in [6.07, 6.45) is 6.65. The van der Waals surface area contributed by atoms with Crippen molar-refractivity contribution in [3.63, 3.8) is 0 Å². The third kappa shape index (κ3) is 4.31. The zero-order valence-electron chi connectivity index (χ0n) is 14.7. The molecular formula is C22H24O4. The second-order valence-electron chi connectivity index (χ2n) is 7.10. The number of aromatic carboxylic acids is 1. The molecule has 0 aliphatic heterocycles. The van der Waals surface area contributed by atoms with Crippen LogP contribution >= 0.6 is 0 Å². The smallest absolute Gasteiger partial charge is 0.335 e. The van der Waals surface area contributed by atoms with E-state index in [1.54, 1.807) is 12.1 Å². The first-order valence-corrected chi connectivity index (χ1v) is 9.19. The standard InChI is InChI=1S/C22H24O4/c23-21(24)19-8-6-15(7-9-19)14-20(22(25)26)18-12-10-17(11-13-18)16-4-2-1-3-5-16/h6-13,16,20H,1-5,14H2,(H,23,24)(H,25,26). The molecule has 1 aliphatic rings. The lowest BCUT2D eigenvalue weighted by atomic mass is 9.83. The van der Waals surface area contributed by atoms with E-state index < -0.39 is 17.9 Å². The fourth-order valence-electron chi connectivity index (χ4n) is 3.80. The van der Waals surface area contributed by atoms with Crippen molar-refractivity contribution in [1.82, 2.24) is 0 Å². The SMILES string of the molecule is O=C(O)c1ccc(CC(C(=O)O)c2ccc(C3CCCCC3)cc2)cc1. The first-order chi connectivity index (χ1) is 12.5. The van der Waals surface area contributed by atoms with Crippen molar-refractivity contribution < 1.29 is 19.8 Å². The molecule has 1 unspecified atom stereocenters. The molecule has 1 fully saturated rings. The molecule has 2 aromatic rings. The van der Waals surface area contributed by atoms with Crippen LogP contribution in [0.5, 0.6) is 0 Å². The molecule has 4 nitrogen and oxygen atoms in total. The fourth-order valence-corrected chi connectivity index (χ4v) is 3.80. The highest BCUT2D eigenvalue weighted by atomic mass is 16.4. The van der Waals surface area contributed by atoms with E-state index in [-0.39, 0.29) is 5.56 Å². The van der Waals surface area contributed by atoms with E-state index in [2.05, 4.69) is 12.1 Å². The number of aliphatic carboxylic acids is 1. The summed E-state index contributed by atoms with van der Waals surface area (Å²) in [5.41, 5.74) is 3.12. The van der Waals surface area contributed by atoms with Crippen LogP contribution in [0.15, 0.2) is 48.5 Å². The maximum Gasteiger partial charge on any atom is 0.335 e. The summed E-state index contributed by atoms with van der Waals surface area (Å²) in [5.74, 6) is -1.88. The fraction of sp³-hybridized carbons (Fsp3) is 0.364. The van der Waals surface area contributed by atoms with Gasteiger partial charge in [0.15, 0.2) is 0 Å². The molecule has 26 heavy (non-hydrogen) atoms. The van der Waals surface area contributed by atoms with Crippen LogP contribution in [-0.2, 0) is 11.2 Å². The Morgan fingerprint density at radius 2 is 1.50 bits per heavy atom. The van der Waals surface area contributed by atoms with Gasteiger partial charge < -0.3 is 10.2 Å². The van der Waals surface area contributed by atoms with Gasteiger partial charge in [-0.15, -0.1) is 0 Å². The Labute approximate surface area is 153 Å². The van der Waals surface area contributed by atoms with Crippen LogP contribution in [0.4, 0.5) is 0 Å². The van der Waals surface area contributed by atoms with Gasteiger partial charge in [0.25, 0.3) is 0 Å².